The number of cyclic esters (lactones) is 1. The molecule has 2 saturated carbocycles. The fourth-order valence-electron chi connectivity index (χ4n) is 8.63. The molecule has 1 aromatic heterocycles. The molecule has 62 heavy (non-hydrogen) atoms. The zero-order valence-corrected chi connectivity index (χ0v) is 36.7. The first kappa shape index (κ1) is 44.7. The Morgan fingerprint density at radius 2 is 1.82 bits per heavy atom. The summed E-state index contributed by atoms with van der Waals surface area (Å²) in [5.41, 5.74) is 1.36. The number of allylic oxidation sites excluding steroid dienone is 1. The first-order valence-electron chi connectivity index (χ1n) is 21.9. The standard InChI is InChI=1S/C47H58N4O10S/c1-5-33-27-47(33,44(55)50-62(57,58)35-18-19-35)28-40(52)39-25-34-29-51(39)43(54)32(16-12-21-48-45(56)61-46(2,3)4)24-42(53)59-22-11-7-8-13-30-17-20-37-36(23-30)41(60-34)26-38(49-37)31-14-9-6-10-15-31/h5-6,9-10,14-15,17,20,23,26,32-35,39H,1,7-8,11-13,16,18-19,21-22,24-25,27-29H2,2-4H3,(H,48,56)(H,50,55)/t32-,33-,34-,39+,47-/m1/s1. The van der Waals surface area contributed by atoms with Gasteiger partial charge in [0.25, 0.3) is 0 Å². The van der Waals surface area contributed by atoms with Crippen LogP contribution >= 0.6 is 0 Å². The van der Waals surface area contributed by atoms with Crippen molar-refractivity contribution in [3.05, 3.63) is 72.8 Å². The highest BCUT2D eigenvalue weighted by molar-refractivity contribution is 7.90. The largest absolute Gasteiger partial charge is 0.488 e. The minimum absolute atomic E-state index is 0.00126. The zero-order chi connectivity index (χ0) is 44.2. The Morgan fingerprint density at radius 1 is 1.05 bits per heavy atom. The van der Waals surface area contributed by atoms with E-state index in [4.69, 9.17) is 19.2 Å². The summed E-state index contributed by atoms with van der Waals surface area (Å²) in [4.78, 5) is 75.5. The summed E-state index contributed by atoms with van der Waals surface area (Å²) in [6.45, 7) is 9.48. The lowest BCUT2D eigenvalue weighted by Gasteiger charge is -2.29. The van der Waals surface area contributed by atoms with Crippen LogP contribution in [-0.4, -0.2) is 90.7 Å². The van der Waals surface area contributed by atoms with Crippen LogP contribution in [0.5, 0.6) is 5.75 Å². The van der Waals surface area contributed by atoms with Crippen molar-refractivity contribution in [1.29, 1.82) is 0 Å². The number of aryl methyl sites for hydroxylation is 1. The van der Waals surface area contributed by atoms with E-state index in [0.717, 1.165) is 41.3 Å². The number of hydrogen-bond acceptors (Lipinski definition) is 11. The first-order valence-corrected chi connectivity index (χ1v) is 23.4. The lowest BCUT2D eigenvalue weighted by Crippen LogP contribution is -2.46. The zero-order valence-electron chi connectivity index (χ0n) is 35.9. The van der Waals surface area contributed by atoms with E-state index in [-0.39, 0.29) is 51.8 Å². The van der Waals surface area contributed by atoms with Crippen LogP contribution in [0.25, 0.3) is 22.2 Å². The van der Waals surface area contributed by atoms with Crippen molar-refractivity contribution in [2.75, 3.05) is 19.7 Å². The van der Waals surface area contributed by atoms with Gasteiger partial charge in [-0.15, -0.1) is 6.58 Å². The molecule has 3 aromatic rings. The number of hydrogen-bond donors (Lipinski definition) is 2. The summed E-state index contributed by atoms with van der Waals surface area (Å²) in [7, 11) is -3.89. The lowest BCUT2D eigenvalue weighted by molar-refractivity contribution is -0.150. The van der Waals surface area contributed by atoms with E-state index in [0.29, 0.717) is 37.1 Å². The number of aromatic nitrogens is 1. The average molecular weight is 871 g/mol. The molecule has 14 nitrogen and oxygen atoms in total. The van der Waals surface area contributed by atoms with Crippen LogP contribution in [0.1, 0.15) is 97.0 Å². The van der Waals surface area contributed by atoms with Gasteiger partial charge in [-0.3, -0.25) is 23.9 Å². The SMILES string of the molecule is C=C[C@@H]1C[C@]1(CC(=O)[C@@H]1C[C@@H]2CN1C(=O)[C@H](CCCNC(=O)OC(C)(C)C)CC(=O)OCCCCCc1ccc3nc(-c4ccccc4)cc(c3c1)O2)C(=O)NS(=O)(=O)C1CC1. The summed E-state index contributed by atoms with van der Waals surface area (Å²) in [5, 5.41) is 2.87. The van der Waals surface area contributed by atoms with Gasteiger partial charge in [-0.05, 0) is 102 Å². The van der Waals surface area contributed by atoms with Gasteiger partial charge in [0, 0.05) is 42.3 Å². The number of ether oxygens (including phenoxy) is 3. The van der Waals surface area contributed by atoms with E-state index in [1.165, 1.54) is 4.90 Å². The molecular weight excluding hydrogens is 813 g/mol. The Morgan fingerprint density at radius 3 is 2.53 bits per heavy atom. The molecule has 0 spiro atoms. The summed E-state index contributed by atoms with van der Waals surface area (Å²) in [6, 6.07) is 16.6. The van der Waals surface area contributed by atoms with E-state index in [1.807, 2.05) is 42.5 Å². The summed E-state index contributed by atoms with van der Waals surface area (Å²) in [5.74, 6) is -2.96. The number of esters is 1. The maximum Gasteiger partial charge on any atom is 0.407 e. The maximum atomic E-state index is 14.9. The van der Waals surface area contributed by atoms with Crippen LogP contribution in [0.2, 0.25) is 0 Å². The monoisotopic (exact) mass is 870 g/mol. The molecule has 5 atom stereocenters. The highest BCUT2D eigenvalue weighted by atomic mass is 32.2. The molecule has 0 unspecified atom stereocenters. The Bertz CT molecular complexity index is 2310. The molecule has 2 aliphatic heterocycles. The molecule has 0 radical (unpaired) electrons. The van der Waals surface area contributed by atoms with Crippen LogP contribution < -0.4 is 14.8 Å². The number of ketones is 1. The number of alkyl carbamates (subject to hydrolysis) is 1. The quantitative estimate of drug-likeness (QED) is 0.114. The van der Waals surface area contributed by atoms with Crippen molar-refractivity contribution < 1.29 is 46.6 Å². The van der Waals surface area contributed by atoms with Crippen molar-refractivity contribution in [2.24, 2.45) is 17.3 Å². The van der Waals surface area contributed by atoms with Crippen LogP contribution in [0.4, 0.5) is 4.79 Å². The number of carbonyl (C=O) groups is 5. The van der Waals surface area contributed by atoms with E-state index >= 15 is 0 Å². The molecule has 15 heteroatoms. The van der Waals surface area contributed by atoms with Gasteiger partial charge >= 0.3 is 12.1 Å². The number of pyridine rings is 1. The van der Waals surface area contributed by atoms with E-state index < -0.39 is 79.9 Å². The average Bonchev–Trinajstić information content (AvgIpc) is 4.16. The number of amides is 3. The molecule has 4 bridgehead atoms. The van der Waals surface area contributed by atoms with Gasteiger partial charge in [-0.2, -0.15) is 0 Å². The number of nitrogens with zero attached hydrogens (tertiary/aromatic N) is 2. The molecule has 4 aliphatic rings. The highest BCUT2D eigenvalue weighted by Crippen LogP contribution is 2.57. The van der Waals surface area contributed by atoms with Gasteiger partial charge in [0.15, 0.2) is 5.78 Å². The molecule has 7 rings (SSSR count). The summed E-state index contributed by atoms with van der Waals surface area (Å²) in [6.07, 6.45) is 4.59. The predicted octanol–water partition coefficient (Wildman–Crippen LogP) is 6.59. The van der Waals surface area contributed by atoms with Crippen LogP contribution in [0.15, 0.2) is 67.3 Å². The third-order valence-corrected chi connectivity index (χ3v) is 14.0. The van der Waals surface area contributed by atoms with Gasteiger partial charge in [0.05, 0.1) is 47.5 Å². The predicted molar refractivity (Wildman–Crippen MR) is 232 cm³/mol. The van der Waals surface area contributed by atoms with Gasteiger partial charge in [-0.25, -0.2) is 18.2 Å². The van der Waals surface area contributed by atoms with E-state index in [9.17, 15) is 32.4 Å². The van der Waals surface area contributed by atoms with Crippen molar-refractivity contribution in [2.45, 2.75) is 121 Å². The second-order valence-corrected chi connectivity index (χ2v) is 20.2. The third kappa shape index (κ3) is 10.8. The highest BCUT2D eigenvalue weighted by Gasteiger charge is 2.61. The molecule has 3 heterocycles. The molecule has 2 aromatic carbocycles. The maximum absolute atomic E-state index is 14.9. The smallest absolute Gasteiger partial charge is 0.407 e. The molecule has 2 aliphatic carbocycles. The van der Waals surface area contributed by atoms with Crippen LogP contribution in [0.3, 0.4) is 0 Å². The minimum atomic E-state index is -3.89. The first-order chi connectivity index (χ1) is 29.5. The summed E-state index contributed by atoms with van der Waals surface area (Å²) < 4.78 is 45.8. The molecule has 332 valence electrons. The summed E-state index contributed by atoms with van der Waals surface area (Å²) >= 11 is 0. The number of sulfonamides is 1. The van der Waals surface area contributed by atoms with Crippen molar-refractivity contribution in [1.82, 2.24) is 19.9 Å². The lowest BCUT2D eigenvalue weighted by atomic mass is 9.90. The second kappa shape index (κ2) is 18.6. The fourth-order valence-corrected chi connectivity index (χ4v) is 10.0. The minimum Gasteiger partial charge on any atom is -0.488 e. The normalized spacial score (nSPS) is 24.6. The Kier molecular flexibility index (Phi) is 13.4. The topological polar surface area (TPSA) is 187 Å². The Labute approximate surface area is 363 Å². The number of fused-ring (bicyclic) bond motifs is 3. The van der Waals surface area contributed by atoms with Gasteiger partial charge in [-0.1, -0.05) is 42.5 Å². The number of rotatable bonds is 12. The van der Waals surface area contributed by atoms with Gasteiger partial charge < -0.3 is 24.4 Å². The molecular formula is C47H58N4O10S. The van der Waals surface area contributed by atoms with Crippen molar-refractivity contribution in [3.8, 4) is 17.0 Å². The van der Waals surface area contributed by atoms with Crippen molar-refractivity contribution in [3.63, 3.8) is 0 Å². The van der Waals surface area contributed by atoms with Gasteiger partial charge in [0.2, 0.25) is 21.8 Å². The number of Topliss-reactive ketones (excluding diaryl/α,β-unsaturated/α-hetero) is 1. The fraction of sp³-hybridized carbons (Fsp3) is 0.532. The second-order valence-electron chi connectivity index (χ2n) is 18.2. The molecule has 1 saturated heterocycles. The van der Waals surface area contributed by atoms with Crippen molar-refractivity contribution >= 4 is 50.6 Å². The Balaban J connectivity index is 1.21. The number of carbonyl (C=O) groups excluding carboxylic acids is 5. The van der Waals surface area contributed by atoms with E-state index in [2.05, 4.69) is 28.8 Å². The van der Waals surface area contributed by atoms with Crippen LogP contribution in [0, 0.1) is 17.3 Å². The Hall–Kier alpha value is -5.31. The molecule has 2 N–H and O–H groups in total. The van der Waals surface area contributed by atoms with Gasteiger partial charge in [0.1, 0.15) is 17.5 Å². The third-order valence-electron chi connectivity index (χ3n) is 12.2. The molecule has 3 fully saturated rings. The number of nitrogens with one attached hydrogen (secondary N) is 2. The number of benzene rings is 2. The molecule has 3 amide bonds. The van der Waals surface area contributed by atoms with E-state index in [1.54, 1.807) is 26.8 Å². The van der Waals surface area contributed by atoms with Crippen LogP contribution in [-0.2, 0) is 45.1 Å².